The zero-order chi connectivity index (χ0) is 13.1. The van der Waals surface area contributed by atoms with Gasteiger partial charge in [-0.05, 0) is 0 Å². The van der Waals surface area contributed by atoms with Crippen LogP contribution in [0.25, 0.3) is 0 Å². The third-order valence-corrected chi connectivity index (χ3v) is 2.51. The fourth-order valence-corrected chi connectivity index (χ4v) is 1.52. The van der Waals surface area contributed by atoms with Crippen molar-refractivity contribution in [2.24, 2.45) is 5.41 Å². The van der Waals surface area contributed by atoms with E-state index in [0.29, 0.717) is 4.59 Å². The molecule has 1 aromatic rings. The molecule has 0 saturated heterocycles. The van der Waals surface area contributed by atoms with Crippen LogP contribution in [0.2, 0.25) is 0 Å². The molecular weight excluding hydrogens is 212 g/mol. The summed E-state index contributed by atoms with van der Waals surface area (Å²) in [5, 5.41) is 0. The molecule has 1 N–H and O–H groups in total. The van der Waals surface area contributed by atoms with Crippen molar-refractivity contribution in [1.29, 1.82) is 0 Å². The highest BCUT2D eigenvalue weighted by atomic mass is 16.2. The number of amides is 1. The van der Waals surface area contributed by atoms with Crippen molar-refractivity contribution in [3.05, 3.63) is 35.9 Å². The van der Waals surface area contributed by atoms with Crippen molar-refractivity contribution in [2.45, 2.75) is 27.3 Å². The Kier molecular flexibility index (Phi) is 3.94. The molecule has 0 aromatic heterocycles. The highest BCUT2D eigenvalue weighted by Gasteiger charge is 2.28. The molecule has 0 radical (unpaired) electrons. The number of nitrogens with zero attached hydrogens (tertiary/aromatic N) is 1. The number of hydrogen-bond acceptors (Lipinski definition) is 1. The van der Waals surface area contributed by atoms with Gasteiger partial charge in [0.1, 0.15) is 6.54 Å². The number of carbonyl (C=O) groups excluding carboxylic acids is 1. The molecule has 0 saturated carbocycles. The van der Waals surface area contributed by atoms with Gasteiger partial charge in [0.25, 0.3) is 5.91 Å². The van der Waals surface area contributed by atoms with E-state index in [1.54, 1.807) is 0 Å². The van der Waals surface area contributed by atoms with Gasteiger partial charge in [-0.1, -0.05) is 51.1 Å². The van der Waals surface area contributed by atoms with Crippen LogP contribution in [0.3, 0.4) is 0 Å². The lowest BCUT2D eigenvalue weighted by Gasteiger charge is -2.32. The van der Waals surface area contributed by atoms with Gasteiger partial charge in [0.2, 0.25) is 0 Å². The minimum Gasteiger partial charge on any atom is -0.269 e. The first-order valence-corrected chi connectivity index (χ1v) is 5.90. The van der Waals surface area contributed by atoms with Gasteiger partial charge >= 0.3 is 0 Å². The number of carbonyl (C=O) groups is 1. The van der Waals surface area contributed by atoms with Crippen LogP contribution >= 0.6 is 0 Å². The molecule has 3 nitrogen and oxygen atoms in total. The number of benzene rings is 1. The minimum absolute atomic E-state index is 0.0680. The number of rotatable bonds is 3. The lowest BCUT2D eigenvalue weighted by molar-refractivity contribution is -0.938. The maximum atomic E-state index is 11.9. The van der Waals surface area contributed by atoms with Gasteiger partial charge in [-0.25, -0.2) is 10.0 Å². The summed E-state index contributed by atoms with van der Waals surface area (Å²) in [6, 6.07) is 10.2. The van der Waals surface area contributed by atoms with Crippen LogP contribution in [0.4, 0.5) is 0 Å². The number of quaternary nitrogens is 1. The highest BCUT2D eigenvalue weighted by Crippen LogP contribution is 2.14. The second kappa shape index (κ2) is 4.88. The van der Waals surface area contributed by atoms with Crippen LogP contribution in [0.1, 0.15) is 26.3 Å². The summed E-state index contributed by atoms with van der Waals surface area (Å²) in [5.74, 6) is 0.0680. The largest absolute Gasteiger partial charge is 0.270 e. The average Bonchev–Trinajstić information content (AvgIpc) is 2.16. The van der Waals surface area contributed by atoms with Gasteiger partial charge in [0.05, 0.1) is 14.1 Å². The summed E-state index contributed by atoms with van der Waals surface area (Å²) in [7, 11) is 3.99. The fourth-order valence-electron chi connectivity index (χ4n) is 1.52. The molecule has 17 heavy (non-hydrogen) atoms. The molecule has 1 aromatic carbocycles. The Morgan fingerprint density at radius 3 is 2.18 bits per heavy atom. The monoisotopic (exact) mass is 235 g/mol. The van der Waals surface area contributed by atoms with E-state index in [0.717, 1.165) is 6.54 Å². The van der Waals surface area contributed by atoms with E-state index in [-0.39, 0.29) is 11.3 Å². The van der Waals surface area contributed by atoms with E-state index in [4.69, 9.17) is 0 Å². The maximum absolute atomic E-state index is 11.9. The predicted octanol–water partition coefficient (Wildman–Crippen LogP) is 2.34. The Morgan fingerprint density at radius 2 is 1.71 bits per heavy atom. The normalized spacial score (nSPS) is 12.3. The molecule has 0 heterocycles. The van der Waals surface area contributed by atoms with Crippen LogP contribution in [-0.4, -0.2) is 24.6 Å². The third kappa shape index (κ3) is 4.57. The van der Waals surface area contributed by atoms with Crippen molar-refractivity contribution >= 4 is 5.91 Å². The lowest BCUT2D eigenvalue weighted by Crippen LogP contribution is -2.56. The van der Waals surface area contributed by atoms with E-state index in [2.05, 4.69) is 17.6 Å². The lowest BCUT2D eigenvalue weighted by atomic mass is 9.96. The van der Waals surface area contributed by atoms with E-state index in [1.807, 2.05) is 53.1 Å². The van der Waals surface area contributed by atoms with Gasteiger partial charge in [0, 0.05) is 11.0 Å². The first-order chi connectivity index (χ1) is 7.71. The van der Waals surface area contributed by atoms with Gasteiger partial charge in [-0.2, -0.15) is 0 Å². The Bertz CT molecular complexity index is 377. The van der Waals surface area contributed by atoms with Crippen molar-refractivity contribution in [3.8, 4) is 0 Å². The molecule has 0 spiro atoms. The minimum atomic E-state index is -0.355. The van der Waals surface area contributed by atoms with Crippen molar-refractivity contribution < 1.29 is 9.39 Å². The second-order valence-electron chi connectivity index (χ2n) is 6.02. The van der Waals surface area contributed by atoms with E-state index >= 15 is 0 Å². The Labute approximate surface area is 104 Å². The fraction of sp³-hybridized carbons (Fsp3) is 0.500. The summed E-state index contributed by atoms with van der Waals surface area (Å²) in [5.41, 5.74) is 3.90. The van der Waals surface area contributed by atoms with Crippen molar-refractivity contribution in [3.63, 3.8) is 0 Å². The summed E-state index contributed by atoms with van der Waals surface area (Å²) in [4.78, 5) is 11.9. The molecule has 3 heteroatoms. The van der Waals surface area contributed by atoms with Gasteiger partial charge in [-0.3, -0.25) is 4.79 Å². The van der Waals surface area contributed by atoms with E-state index in [9.17, 15) is 4.79 Å². The van der Waals surface area contributed by atoms with Crippen LogP contribution in [0.15, 0.2) is 30.3 Å². The molecule has 0 aliphatic heterocycles. The molecule has 94 valence electrons. The molecule has 0 atom stereocenters. The number of nitrogens with one attached hydrogen (secondary N) is 1. The quantitative estimate of drug-likeness (QED) is 0.632. The van der Waals surface area contributed by atoms with E-state index in [1.165, 1.54) is 5.56 Å². The third-order valence-electron chi connectivity index (χ3n) is 2.51. The first-order valence-electron chi connectivity index (χ1n) is 5.90. The topological polar surface area (TPSA) is 29.1 Å². The van der Waals surface area contributed by atoms with Gasteiger partial charge < -0.3 is 0 Å². The van der Waals surface area contributed by atoms with Crippen molar-refractivity contribution in [2.75, 3.05) is 14.1 Å². The molecule has 0 fully saturated rings. The maximum Gasteiger partial charge on any atom is 0.270 e. The predicted molar refractivity (Wildman–Crippen MR) is 69.9 cm³/mol. The molecule has 0 bridgehead atoms. The zero-order valence-corrected chi connectivity index (χ0v) is 11.4. The molecule has 1 rings (SSSR count). The van der Waals surface area contributed by atoms with Crippen LogP contribution < -0.4 is 5.43 Å². The Morgan fingerprint density at radius 1 is 1.18 bits per heavy atom. The first kappa shape index (κ1) is 13.7. The zero-order valence-electron chi connectivity index (χ0n) is 11.4. The molecule has 0 aliphatic rings. The summed E-state index contributed by atoms with van der Waals surface area (Å²) in [6.07, 6.45) is 0. The Balaban J connectivity index is 2.67. The SMILES string of the molecule is CC(C)(C)C(=O)N[N+](C)(C)Cc1ccccc1. The van der Waals surface area contributed by atoms with E-state index < -0.39 is 0 Å². The Hall–Kier alpha value is -1.35. The number of hydrogen-bond donors (Lipinski definition) is 1. The second-order valence-corrected chi connectivity index (χ2v) is 6.02. The van der Waals surface area contributed by atoms with Crippen LogP contribution in [0, 0.1) is 5.41 Å². The summed E-state index contributed by atoms with van der Waals surface area (Å²) >= 11 is 0. The van der Waals surface area contributed by atoms with Crippen LogP contribution in [0.5, 0.6) is 0 Å². The smallest absolute Gasteiger partial charge is 0.269 e. The molecule has 0 aliphatic carbocycles. The molecule has 1 amide bonds. The highest BCUT2D eigenvalue weighted by molar-refractivity contribution is 5.80. The van der Waals surface area contributed by atoms with Crippen molar-refractivity contribution in [1.82, 2.24) is 5.43 Å². The standard InChI is InChI=1S/C14H22N2O/c1-14(2,3)13(17)15-16(4,5)11-12-9-7-6-8-10-12/h6-10H,11H2,1-5H3/p+1. The average molecular weight is 235 g/mol. The van der Waals surface area contributed by atoms with Gasteiger partial charge in [0.15, 0.2) is 0 Å². The van der Waals surface area contributed by atoms with Crippen LogP contribution in [-0.2, 0) is 11.3 Å². The summed E-state index contributed by atoms with van der Waals surface area (Å²) < 4.78 is 0.458. The summed E-state index contributed by atoms with van der Waals surface area (Å²) in [6.45, 7) is 6.54. The van der Waals surface area contributed by atoms with Gasteiger partial charge in [-0.15, -0.1) is 0 Å². The molecule has 0 unspecified atom stereocenters. The molecular formula is C14H23N2O+.